The van der Waals surface area contributed by atoms with Gasteiger partial charge < -0.3 is 10.6 Å². The summed E-state index contributed by atoms with van der Waals surface area (Å²) < 4.78 is 178. The molecule has 0 radical (unpaired) electrons. The maximum absolute atomic E-state index is 15.5. The van der Waals surface area contributed by atoms with Gasteiger partial charge in [0.15, 0.2) is 11.6 Å². The van der Waals surface area contributed by atoms with Gasteiger partial charge in [-0.1, -0.05) is 42.5 Å². The Labute approximate surface area is 246 Å². The summed E-state index contributed by atoms with van der Waals surface area (Å²) in [7, 11) is 0. The van der Waals surface area contributed by atoms with E-state index in [-0.39, 0.29) is 5.56 Å². The van der Waals surface area contributed by atoms with Crippen LogP contribution >= 0.6 is 15.9 Å². The molecule has 0 spiro atoms. The number of carbonyl (C=O) groups excluding carboxylic acids is 2. The minimum atomic E-state index is -7.25. The van der Waals surface area contributed by atoms with Crippen LogP contribution in [0.25, 0.3) is 0 Å². The van der Waals surface area contributed by atoms with Crippen LogP contribution in [0.4, 0.5) is 68.5 Å². The van der Waals surface area contributed by atoms with Crippen LogP contribution in [0.2, 0.25) is 0 Å². The van der Waals surface area contributed by atoms with E-state index in [4.69, 9.17) is 0 Å². The van der Waals surface area contributed by atoms with Crippen molar-refractivity contribution in [1.82, 2.24) is 0 Å². The molecule has 3 rings (SSSR count). The molecule has 44 heavy (non-hydrogen) atoms. The summed E-state index contributed by atoms with van der Waals surface area (Å²) in [6.45, 7) is -1.09. The smallest absolute Gasteiger partial charge is 0.377 e. The highest BCUT2D eigenvalue weighted by molar-refractivity contribution is 9.10. The minimum Gasteiger partial charge on any atom is -0.377 e. The van der Waals surface area contributed by atoms with Gasteiger partial charge in [0, 0.05) is 11.1 Å². The predicted molar refractivity (Wildman–Crippen MR) is 133 cm³/mol. The molecule has 2 N–H and O–H groups in total. The molecule has 0 aliphatic rings. The molecule has 0 bridgehead atoms. The zero-order valence-corrected chi connectivity index (χ0v) is 22.7. The molecule has 0 saturated heterocycles. The molecule has 0 fully saturated rings. The van der Waals surface area contributed by atoms with Crippen molar-refractivity contribution in [2.75, 3.05) is 17.2 Å². The van der Waals surface area contributed by atoms with Gasteiger partial charge in [0.1, 0.15) is 0 Å². The SMILES string of the molecule is O=C(CNc1cc(C(F)(C(F)(F)F)C(F)(F)C(F)(F)F)c(Br)c(F)c1C(=O)Nc1ccccc1C(F)(F)F)c1ccccc1. The number of amides is 1. The summed E-state index contributed by atoms with van der Waals surface area (Å²) in [4.78, 5) is 25.5. The van der Waals surface area contributed by atoms with Gasteiger partial charge in [-0.3, -0.25) is 9.59 Å². The molecule has 3 aromatic carbocycles. The maximum atomic E-state index is 15.5. The molecular formula is C26H14BrF13N2O2. The number of rotatable bonds is 8. The topological polar surface area (TPSA) is 58.2 Å². The van der Waals surface area contributed by atoms with E-state index < -0.39 is 92.8 Å². The number of halogens is 14. The van der Waals surface area contributed by atoms with Gasteiger partial charge in [-0.15, -0.1) is 0 Å². The largest absolute Gasteiger partial charge is 0.457 e. The minimum absolute atomic E-state index is 0.110. The van der Waals surface area contributed by atoms with Gasteiger partial charge in [0.25, 0.3) is 5.91 Å². The van der Waals surface area contributed by atoms with Gasteiger partial charge in [-0.2, -0.15) is 48.3 Å². The Morgan fingerprint density at radius 3 is 1.77 bits per heavy atom. The van der Waals surface area contributed by atoms with Crippen LogP contribution in [0.3, 0.4) is 0 Å². The van der Waals surface area contributed by atoms with E-state index in [0.29, 0.717) is 12.1 Å². The summed E-state index contributed by atoms with van der Waals surface area (Å²) in [5.41, 5.74) is -15.0. The highest BCUT2D eigenvalue weighted by atomic mass is 79.9. The number of hydrogen-bond donors (Lipinski definition) is 2. The lowest BCUT2D eigenvalue weighted by Gasteiger charge is -2.37. The molecule has 0 saturated carbocycles. The van der Waals surface area contributed by atoms with E-state index in [1.807, 2.05) is 21.2 Å². The van der Waals surface area contributed by atoms with Crippen molar-refractivity contribution in [2.45, 2.75) is 30.1 Å². The van der Waals surface area contributed by atoms with Gasteiger partial charge in [0.05, 0.1) is 33.5 Å². The third-order valence-electron chi connectivity index (χ3n) is 6.00. The Bertz CT molecular complexity index is 1550. The van der Waals surface area contributed by atoms with Gasteiger partial charge in [-0.25, -0.2) is 8.78 Å². The zero-order chi connectivity index (χ0) is 33.5. The normalized spacial score (nSPS) is 14.1. The molecule has 0 aliphatic carbocycles. The molecule has 3 aromatic rings. The number of nitrogens with one attached hydrogen (secondary N) is 2. The maximum Gasteiger partial charge on any atom is 0.457 e. The molecule has 0 aliphatic heterocycles. The van der Waals surface area contributed by atoms with E-state index in [1.54, 1.807) is 5.32 Å². The molecule has 238 valence electrons. The number of benzene rings is 3. The number of anilines is 2. The first-order chi connectivity index (χ1) is 20.1. The lowest BCUT2D eigenvalue weighted by molar-refractivity contribution is -0.389. The standard InChI is InChI=1S/C26H14BrF13N2O2/c27-19-14(22(29,25(35,36)37)24(33,34)26(38,39)40)10-16(41-11-17(43)12-6-2-1-3-7-12)18(20(19)28)21(44)42-15-9-5-4-8-13(15)23(30,31)32/h1-10,41H,11H2,(H,42,44). The highest BCUT2D eigenvalue weighted by Crippen LogP contribution is 2.60. The van der Waals surface area contributed by atoms with E-state index in [1.165, 1.54) is 30.3 Å². The quantitative estimate of drug-likeness (QED) is 0.181. The molecular weight excluding hydrogens is 699 g/mol. The molecule has 1 unspecified atom stereocenters. The second-order valence-electron chi connectivity index (χ2n) is 8.84. The number of Topliss-reactive ketones (excluding diaryl/α,β-unsaturated/α-hetero) is 1. The number of hydrogen-bond acceptors (Lipinski definition) is 3. The van der Waals surface area contributed by atoms with Gasteiger partial charge >= 0.3 is 30.1 Å². The molecule has 1 amide bonds. The van der Waals surface area contributed by atoms with Crippen molar-refractivity contribution < 1.29 is 66.7 Å². The summed E-state index contributed by atoms with van der Waals surface area (Å²) in [5, 5.41) is 3.51. The van der Waals surface area contributed by atoms with Crippen molar-refractivity contribution in [1.29, 1.82) is 0 Å². The summed E-state index contributed by atoms with van der Waals surface area (Å²) in [5.74, 6) is -12.5. The summed E-state index contributed by atoms with van der Waals surface area (Å²) >= 11 is 2.00. The van der Waals surface area contributed by atoms with Crippen LogP contribution in [-0.4, -0.2) is 36.5 Å². The van der Waals surface area contributed by atoms with E-state index in [9.17, 15) is 57.9 Å². The average Bonchev–Trinajstić information content (AvgIpc) is 2.91. The second kappa shape index (κ2) is 11.9. The highest BCUT2D eigenvalue weighted by Gasteiger charge is 2.82. The third kappa shape index (κ3) is 6.34. The van der Waals surface area contributed by atoms with Crippen LogP contribution in [0, 0.1) is 5.82 Å². The molecule has 18 heteroatoms. The Balaban J connectivity index is 2.28. The lowest BCUT2D eigenvalue weighted by Crippen LogP contribution is -2.60. The van der Waals surface area contributed by atoms with Crippen LogP contribution in [-0.2, 0) is 11.8 Å². The Hall–Kier alpha value is -3.83. The van der Waals surface area contributed by atoms with E-state index >= 15 is 8.78 Å². The Morgan fingerprint density at radius 1 is 0.705 bits per heavy atom. The summed E-state index contributed by atoms with van der Waals surface area (Å²) in [6, 6.07) is 9.17. The van der Waals surface area contributed by atoms with Crippen molar-refractivity contribution in [3.63, 3.8) is 0 Å². The first-order valence-electron chi connectivity index (χ1n) is 11.6. The fraction of sp³-hybridized carbons (Fsp3) is 0.231. The Kier molecular flexibility index (Phi) is 9.40. The number of alkyl halides is 12. The number of para-hydroxylation sites is 1. The van der Waals surface area contributed by atoms with E-state index in [2.05, 4.69) is 0 Å². The van der Waals surface area contributed by atoms with Crippen molar-refractivity contribution in [3.8, 4) is 0 Å². The Morgan fingerprint density at radius 2 is 1.25 bits per heavy atom. The second-order valence-corrected chi connectivity index (χ2v) is 9.64. The molecule has 0 aromatic heterocycles. The van der Waals surface area contributed by atoms with Crippen LogP contribution in [0.15, 0.2) is 65.1 Å². The summed E-state index contributed by atoms with van der Waals surface area (Å²) in [6.07, 6.45) is -19.4. The van der Waals surface area contributed by atoms with Gasteiger partial charge in [-0.05, 0) is 34.1 Å². The van der Waals surface area contributed by atoms with Crippen molar-refractivity contribution >= 4 is 39.0 Å². The zero-order valence-electron chi connectivity index (χ0n) is 21.1. The van der Waals surface area contributed by atoms with Crippen LogP contribution in [0.1, 0.15) is 31.8 Å². The predicted octanol–water partition coefficient (Wildman–Crippen LogP) is 9.08. The fourth-order valence-electron chi connectivity index (χ4n) is 3.86. The van der Waals surface area contributed by atoms with Crippen molar-refractivity contribution in [3.05, 3.63) is 93.2 Å². The van der Waals surface area contributed by atoms with Crippen molar-refractivity contribution in [2.24, 2.45) is 0 Å². The number of ketones is 1. The average molecular weight is 713 g/mol. The van der Waals surface area contributed by atoms with E-state index in [0.717, 1.165) is 12.1 Å². The van der Waals surface area contributed by atoms with Gasteiger partial charge in [0.2, 0.25) is 0 Å². The monoisotopic (exact) mass is 712 g/mol. The molecule has 0 heterocycles. The number of carbonyl (C=O) groups is 2. The third-order valence-corrected chi connectivity index (χ3v) is 6.78. The first-order valence-corrected chi connectivity index (χ1v) is 12.4. The molecule has 4 nitrogen and oxygen atoms in total. The fourth-order valence-corrected chi connectivity index (χ4v) is 4.44. The first kappa shape index (κ1) is 34.7. The lowest BCUT2D eigenvalue weighted by atomic mass is 9.86. The molecule has 1 atom stereocenters. The van der Waals surface area contributed by atoms with Crippen LogP contribution < -0.4 is 10.6 Å². The van der Waals surface area contributed by atoms with Crippen LogP contribution in [0.5, 0.6) is 0 Å².